The van der Waals surface area contributed by atoms with Crippen molar-refractivity contribution in [1.29, 1.82) is 0 Å². The van der Waals surface area contributed by atoms with E-state index in [0.717, 1.165) is 42.0 Å². The van der Waals surface area contributed by atoms with Crippen LogP contribution in [0.15, 0.2) is 23.1 Å². The quantitative estimate of drug-likeness (QED) is 0.598. The number of hydrogen-bond donors (Lipinski definition) is 1. The number of thiophene rings is 1. The molecule has 2 aromatic rings. The molecule has 1 aliphatic carbocycles. The first kappa shape index (κ1) is 23.2. The fourth-order valence-electron chi connectivity index (χ4n) is 3.20. The van der Waals surface area contributed by atoms with Gasteiger partial charge in [0.1, 0.15) is 5.00 Å². The third-order valence-corrected chi connectivity index (χ3v) is 7.34. The van der Waals surface area contributed by atoms with Crippen LogP contribution in [-0.2, 0) is 36.9 Å². The minimum absolute atomic E-state index is 0.0194. The Labute approximate surface area is 188 Å². The Kier molecular flexibility index (Phi) is 7.03. The molecule has 11 heteroatoms. The predicted octanol–water partition coefficient (Wildman–Crippen LogP) is 3.27. The zero-order valence-electron chi connectivity index (χ0n) is 16.8. The van der Waals surface area contributed by atoms with Crippen molar-refractivity contribution >= 4 is 55.6 Å². The van der Waals surface area contributed by atoms with E-state index in [1.807, 2.05) is 0 Å². The molecule has 0 unspecified atom stereocenters. The number of esters is 2. The Balaban J connectivity index is 1.69. The van der Waals surface area contributed by atoms with Gasteiger partial charge >= 0.3 is 11.9 Å². The molecule has 1 aromatic heterocycles. The number of hydrogen-bond acceptors (Lipinski definition) is 8. The lowest BCUT2D eigenvalue weighted by atomic mass is 10.1. The van der Waals surface area contributed by atoms with Gasteiger partial charge in [-0.1, -0.05) is 11.6 Å². The lowest BCUT2D eigenvalue weighted by Crippen LogP contribution is -2.22. The SMILES string of the molecule is CCOC(=O)c1c(NC(=O)COC(=O)c2ccc(Cl)c(S(C)(=O)=O)c2)sc2c1CCC2. The van der Waals surface area contributed by atoms with Gasteiger partial charge in [-0.15, -0.1) is 11.3 Å². The number of carbonyl (C=O) groups is 3. The first-order chi connectivity index (χ1) is 14.6. The summed E-state index contributed by atoms with van der Waals surface area (Å²) in [5.74, 6) is -2.00. The fraction of sp³-hybridized carbons (Fsp3) is 0.350. The van der Waals surface area contributed by atoms with Crippen LogP contribution in [0.4, 0.5) is 5.00 Å². The van der Waals surface area contributed by atoms with Gasteiger partial charge in [0, 0.05) is 11.1 Å². The molecule has 0 saturated carbocycles. The highest BCUT2D eigenvalue weighted by molar-refractivity contribution is 7.90. The molecule has 0 saturated heterocycles. The van der Waals surface area contributed by atoms with Crippen LogP contribution in [0.3, 0.4) is 0 Å². The van der Waals surface area contributed by atoms with E-state index in [9.17, 15) is 22.8 Å². The number of benzene rings is 1. The van der Waals surface area contributed by atoms with Crippen molar-refractivity contribution in [2.45, 2.75) is 31.1 Å². The third kappa shape index (κ3) is 5.25. The second-order valence-electron chi connectivity index (χ2n) is 6.82. The Morgan fingerprint density at radius 3 is 2.58 bits per heavy atom. The standard InChI is InChI=1S/C20H20ClNO7S2/c1-3-28-20(25)17-12-5-4-6-14(12)30-18(17)22-16(23)10-29-19(24)11-7-8-13(21)15(9-11)31(2,26)27/h7-9H,3-6,10H2,1-2H3,(H,22,23). The number of amides is 1. The molecule has 1 N–H and O–H groups in total. The lowest BCUT2D eigenvalue weighted by molar-refractivity contribution is -0.119. The van der Waals surface area contributed by atoms with Gasteiger partial charge in [-0.3, -0.25) is 4.79 Å². The van der Waals surface area contributed by atoms with E-state index in [2.05, 4.69) is 5.32 Å². The molecule has 1 heterocycles. The summed E-state index contributed by atoms with van der Waals surface area (Å²) in [4.78, 5) is 37.8. The van der Waals surface area contributed by atoms with Gasteiger partial charge in [0.05, 0.1) is 27.7 Å². The normalized spacial score (nSPS) is 12.9. The largest absolute Gasteiger partial charge is 0.462 e. The number of sulfone groups is 1. The first-order valence-electron chi connectivity index (χ1n) is 9.40. The van der Waals surface area contributed by atoms with Crippen LogP contribution in [-0.4, -0.2) is 45.7 Å². The molecule has 1 aromatic carbocycles. The summed E-state index contributed by atoms with van der Waals surface area (Å²) in [5, 5.41) is 2.97. The second kappa shape index (κ2) is 9.37. The van der Waals surface area contributed by atoms with Gasteiger partial charge in [0.2, 0.25) is 0 Å². The zero-order chi connectivity index (χ0) is 22.8. The molecule has 0 aliphatic heterocycles. The van der Waals surface area contributed by atoms with Crippen molar-refractivity contribution in [3.05, 3.63) is 44.8 Å². The number of carbonyl (C=O) groups excluding carboxylic acids is 3. The van der Waals surface area contributed by atoms with Gasteiger partial charge in [-0.2, -0.15) is 0 Å². The monoisotopic (exact) mass is 485 g/mol. The fourth-order valence-corrected chi connectivity index (χ4v) is 5.80. The average molecular weight is 486 g/mol. The summed E-state index contributed by atoms with van der Waals surface area (Å²) in [5.41, 5.74) is 1.19. The summed E-state index contributed by atoms with van der Waals surface area (Å²) in [7, 11) is -3.64. The summed E-state index contributed by atoms with van der Waals surface area (Å²) in [6.07, 6.45) is 3.48. The van der Waals surface area contributed by atoms with Crippen LogP contribution in [0.2, 0.25) is 5.02 Å². The molecule has 166 valence electrons. The predicted molar refractivity (Wildman–Crippen MR) is 116 cm³/mol. The highest BCUT2D eigenvalue weighted by atomic mass is 35.5. The number of anilines is 1. The van der Waals surface area contributed by atoms with Crippen LogP contribution in [0.25, 0.3) is 0 Å². The molecule has 31 heavy (non-hydrogen) atoms. The summed E-state index contributed by atoms with van der Waals surface area (Å²) < 4.78 is 33.6. The Hall–Kier alpha value is -2.43. The molecular formula is C20H20ClNO7S2. The molecule has 0 atom stereocenters. The molecule has 0 radical (unpaired) electrons. The summed E-state index contributed by atoms with van der Waals surface area (Å²) in [6, 6.07) is 3.67. The smallest absolute Gasteiger partial charge is 0.341 e. The van der Waals surface area contributed by atoms with Crippen molar-refractivity contribution in [2.75, 3.05) is 24.8 Å². The van der Waals surface area contributed by atoms with Crippen LogP contribution in [0.1, 0.15) is 44.5 Å². The van der Waals surface area contributed by atoms with Crippen molar-refractivity contribution in [3.8, 4) is 0 Å². The number of halogens is 1. The van der Waals surface area contributed by atoms with E-state index >= 15 is 0 Å². The van der Waals surface area contributed by atoms with Crippen molar-refractivity contribution < 1.29 is 32.3 Å². The Morgan fingerprint density at radius 1 is 1.16 bits per heavy atom. The molecular weight excluding hydrogens is 466 g/mol. The molecule has 8 nitrogen and oxygen atoms in total. The summed E-state index contributed by atoms with van der Waals surface area (Å²) >= 11 is 7.18. The number of nitrogens with one attached hydrogen (secondary N) is 1. The minimum atomic E-state index is -3.64. The van der Waals surface area contributed by atoms with Gasteiger partial charge in [-0.05, 0) is 49.9 Å². The van der Waals surface area contributed by atoms with Crippen LogP contribution < -0.4 is 5.32 Å². The van der Waals surface area contributed by atoms with E-state index in [0.29, 0.717) is 10.6 Å². The van der Waals surface area contributed by atoms with E-state index < -0.39 is 34.3 Å². The van der Waals surface area contributed by atoms with Crippen LogP contribution >= 0.6 is 22.9 Å². The maximum Gasteiger partial charge on any atom is 0.341 e. The second-order valence-corrected chi connectivity index (χ2v) is 10.3. The maximum absolute atomic E-state index is 12.3. The number of ether oxygens (including phenoxy) is 2. The van der Waals surface area contributed by atoms with Gasteiger partial charge in [0.15, 0.2) is 16.4 Å². The minimum Gasteiger partial charge on any atom is -0.462 e. The highest BCUT2D eigenvalue weighted by Gasteiger charge is 2.28. The van der Waals surface area contributed by atoms with Crippen LogP contribution in [0.5, 0.6) is 0 Å². The number of aryl methyl sites for hydroxylation is 1. The van der Waals surface area contributed by atoms with Gasteiger partial charge < -0.3 is 14.8 Å². The lowest BCUT2D eigenvalue weighted by Gasteiger charge is -2.09. The topological polar surface area (TPSA) is 116 Å². The van der Waals surface area contributed by atoms with E-state index in [4.69, 9.17) is 21.1 Å². The number of rotatable bonds is 7. The average Bonchev–Trinajstić information content (AvgIpc) is 3.26. The van der Waals surface area contributed by atoms with Crippen molar-refractivity contribution in [1.82, 2.24) is 0 Å². The molecule has 1 aliphatic rings. The van der Waals surface area contributed by atoms with E-state index in [1.54, 1.807) is 6.92 Å². The molecule has 0 spiro atoms. The Morgan fingerprint density at radius 2 is 1.90 bits per heavy atom. The zero-order valence-corrected chi connectivity index (χ0v) is 19.2. The van der Waals surface area contributed by atoms with E-state index in [1.165, 1.54) is 23.5 Å². The highest BCUT2D eigenvalue weighted by Crippen LogP contribution is 2.39. The van der Waals surface area contributed by atoms with Crippen LogP contribution in [0, 0.1) is 0 Å². The Bertz CT molecular complexity index is 1150. The van der Waals surface area contributed by atoms with Crippen molar-refractivity contribution in [2.24, 2.45) is 0 Å². The van der Waals surface area contributed by atoms with Crippen molar-refractivity contribution in [3.63, 3.8) is 0 Å². The third-order valence-electron chi connectivity index (χ3n) is 4.55. The molecule has 3 rings (SSSR count). The molecule has 1 amide bonds. The first-order valence-corrected chi connectivity index (χ1v) is 12.5. The van der Waals surface area contributed by atoms with Gasteiger partial charge in [-0.25, -0.2) is 18.0 Å². The van der Waals surface area contributed by atoms with E-state index in [-0.39, 0.29) is 22.1 Å². The number of fused-ring (bicyclic) bond motifs is 1. The maximum atomic E-state index is 12.3. The van der Waals surface area contributed by atoms with Gasteiger partial charge in [0.25, 0.3) is 5.91 Å². The molecule has 0 bridgehead atoms. The summed E-state index contributed by atoms with van der Waals surface area (Å²) in [6.45, 7) is 1.31. The molecule has 0 fully saturated rings.